The highest BCUT2D eigenvalue weighted by atomic mass is 35.5. The maximum atomic E-state index is 12.5. The van der Waals surface area contributed by atoms with Gasteiger partial charge in [-0.2, -0.15) is 15.4 Å². The fraction of sp³-hybridized carbons (Fsp3) is 0.500. The third kappa shape index (κ3) is 2.28. The van der Waals surface area contributed by atoms with Crippen LogP contribution in [0.3, 0.4) is 0 Å². The Hall–Kier alpha value is -1.66. The average Bonchev–Trinajstić information content (AvgIpc) is 3.12. The summed E-state index contributed by atoms with van der Waals surface area (Å²) >= 11 is 0. The lowest BCUT2D eigenvalue weighted by Gasteiger charge is -2.26. The molecule has 0 spiro atoms. The number of hydrogen-bond donors (Lipinski definition) is 3. The molecule has 4 atom stereocenters. The van der Waals surface area contributed by atoms with Gasteiger partial charge in [-0.3, -0.25) is 4.79 Å². The van der Waals surface area contributed by atoms with Crippen LogP contribution in [0.4, 0.5) is 5.69 Å². The van der Waals surface area contributed by atoms with E-state index in [2.05, 4.69) is 20.7 Å². The second kappa shape index (κ2) is 5.27. The van der Waals surface area contributed by atoms with E-state index in [1.165, 1.54) is 6.42 Å². The van der Waals surface area contributed by atoms with Crippen LogP contribution in [0.1, 0.15) is 19.3 Å². The second-order valence-electron chi connectivity index (χ2n) is 5.95. The summed E-state index contributed by atoms with van der Waals surface area (Å²) in [6.45, 7) is 0. The van der Waals surface area contributed by atoms with Gasteiger partial charge in [0.1, 0.15) is 11.0 Å². The first-order chi connectivity index (χ1) is 9.72. The van der Waals surface area contributed by atoms with E-state index >= 15 is 0 Å². The molecule has 21 heavy (non-hydrogen) atoms. The van der Waals surface area contributed by atoms with Gasteiger partial charge in [-0.1, -0.05) is 0 Å². The molecular weight excluding hydrogens is 290 g/mol. The predicted octanol–water partition coefficient (Wildman–Crippen LogP) is 1.69. The highest BCUT2D eigenvalue weighted by molar-refractivity contribution is 5.95. The minimum atomic E-state index is -0.0400. The number of anilines is 1. The molecule has 6 nitrogen and oxygen atoms in total. The number of nitrogens with two attached hydrogens (primary N) is 1. The van der Waals surface area contributed by atoms with Crippen molar-refractivity contribution >= 4 is 35.0 Å². The number of rotatable bonds is 2. The van der Waals surface area contributed by atoms with Gasteiger partial charge in [-0.05, 0) is 49.3 Å². The monoisotopic (exact) mass is 307 g/mol. The molecular formula is C14H18ClN5O. The van der Waals surface area contributed by atoms with Crippen LogP contribution in [0.5, 0.6) is 0 Å². The molecule has 0 radical (unpaired) electrons. The molecule has 4 unspecified atom stereocenters. The summed E-state index contributed by atoms with van der Waals surface area (Å²) in [4.78, 5) is 12.5. The number of aromatic nitrogens is 3. The molecule has 2 bridgehead atoms. The van der Waals surface area contributed by atoms with Gasteiger partial charge < -0.3 is 11.1 Å². The van der Waals surface area contributed by atoms with E-state index < -0.39 is 0 Å². The number of carbonyl (C=O) groups excluding carboxylic acids is 1. The van der Waals surface area contributed by atoms with E-state index in [4.69, 9.17) is 5.73 Å². The lowest BCUT2D eigenvalue weighted by Crippen LogP contribution is -2.42. The summed E-state index contributed by atoms with van der Waals surface area (Å²) in [5.41, 5.74) is 8.50. The van der Waals surface area contributed by atoms with Crippen molar-refractivity contribution in [3.8, 4) is 0 Å². The molecule has 7 heteroatoms. The summed E-state index contributed by atoms with van der Waals surface area (Å²) in [5, 5.41) is 13.6. The Kier molecular flexibility index (Phi) is 3.59. The zero-order valence-electron chi connectivity index (χ0n) is 11.5. The van der Waals surface area contributed by atoms with Gasteiger partial charge in [0.25, 0.3) is 0 Å². The van der Waals surface area contributed by atoms with Crippen molar-refractivity contribution in [1.82, 2.24) is 15.4 Å². The minimum absolute atomic E-state index is 0. The van der Waals surface area contributed by atoms with Gasteiger partial charge >= 0.3 is 0 Å². The third-order valence-electron chi connectivity index (χ3n) is 4.87. The van der Waals surface area contributed by atoms with E-state index in [9.17, 15) is 4.79 Å². The maximum Gasteiger partial charge on any atom is 0.229 e. The summed E-state index contributed by atoms with van der Waals surface area (Å²) in [7, 11) is 0. The fourth-order valence-electron chi connectivity index (χ4n) is 3.87. The van der Waals surface area contributed by atoms with Crippen LogP contribution in [0.25, 0.3) is 11.0 Å². The minimum Gasteiger partial charge on any atom is -0.327 e. The van der Waals surface area contributed by atoms with Crippen molar-refractivity contribution in [2.24, 2.45) is 23.5 Å². The topological polar surface area (TPSA) is 96.7 Å². The van der Waals surface area contributed by atoms with Crippen molar-refractivity contribution in [1.29, 1.82) is 0 Å². The zero-order valence-corrected chi connectivity index (χ0v) is 12.3. The SMILES string of the molecule is Cl.NC1C2CCC(C2)C1C(=O)Nc1ccc2n[nH]nc2c1. The van der Waals surface area contributed by atoms with Crippen molar-refractivity contribution in [3.63, 3.8) is 0 Å². The summed E-state index contributed by atoms with van der Waals surface area (Å²) in [6.07, 6.45) is 3.43. The molecule has 1 aromatic heterocycles. The zero-order chi connectivity index (χ0) is 13.7. The molecule has 112 valence electrons. The lowest BCUT2D eigenvalue weighted by atomic mass is 9.84. The number of benzene rings is 1. The van der Waals surface area contributed by atoms with Crippen LogP contribution < -0.4 is 11.1 Å². The number of halogens is 1. The second-order valence-corrected chi connectivity index (χ2v) is 5.95. The van der Waals surface area contributed by atoms with Gasteiger partial charge in [-0.25, -0.2) is 0 Å². The molecule has 1 aromatic carbocycles. The Morgan fingerprint density at radius 2 is 2.00 bits per heavy atom. The molecule has 0 saturated heterocycles. The van der Waals surface area contributed by atoms with Gasteiger partial charge in [0.05, 0.1) is 5.92 Å². The van der Waals surface area contributed by atoms with Crippen molar-refractivity contribution < 1.29 is 4.79 Å². The fourth-order valence-corrected chi connectivity index (χ4v) is 3.87. The Morgan fingerprint density at radius 1 is 1.24 bits per heavy atom. The molecule has 4 rings (SSSR count). The highest BCUT2D eigenvalue weighted by Gasteiger charge is 2.49. The highest BCUT2D eigenvalue weighted by Crippen LogP contribution is 2.47. The normalized spacial score (nSPS) is 30.3. The number of fused-ring (bicyclic) bond motifs is 3. The number of amides is 1. The van der Waals surface area contributed by atoms with E-state index in [-0.39, 0.29) is 30.3 Å². The Morgan fingerprint density at radius 3 is 2.76 bits per heavy atom. The number of aromatic amines is 1. The van der Waals surface area contributed by atoms with E-state index in [1.807, 2.05) is 18.2 Å². The molecule has 4 N–H and O–H groups in total. The van der Waals surface area contributed by atoms with E-state index in [1.54, 1.807) is 0 Å². The molecule has 1 amide bonds. The first-order valence-corrected chi connectivity index (χ1v) is 7.09. The largest absolute Gasteiger partial charge is 0.327 e. The number of nitrogens with one attached hydrogen (secondary N) is 2. The number of nitrogens with zero attached hydrogens (tertiary/aromatic N) is 2. The van der Waals surface area contributed by atoms with E-state index in [0.717, 1.165) is 29.6 Å². The van der Waals surface area contributed by atoms with Crippen molar-refractivity contribution in [3.05, 3.63) is 18.2 Å². The molecule has 2 aliphatic carbocycles. The molecule has 0 aliphatic heterocycles. The molecule has 2 fully saturated rings. The third-order valence-corrected chi connectivity index (χ3v) is 4.87. The van der Waals surface area contributed by atoms with Gasteiger partial charge in [0.2, 0.25) is 5.91 Å². The summed E-state index contributed by atoms with van der Waals surface area (Å²) in [6, 6.07) is 5.54. The van der Waals surface area contributed by atoms with Crippen LogP contribution in [0, 0.1) is 17.8 Å². The number of carbonyl (C=O) groups is 1. The van der Waals surface area contributed by atoms with Gasteiger partial charge in [0.15, 0.2) is 0 Å². The van der Waals surface area contributed by atoms with Crippen LogP contribution in [0.2, 0.25) is 0 Å². The molecule has 2 saturated carbocycles. The van der Waals surface area contributed by atoms with Gasteiger partial charge in [0, 0.05) is 11.7 Å². The van der Waals surface area contributed by atoms with Crippen LogP contribution in [0.15, 0.2) is 18.2 Å². The Balaban J connectivity index is 0.00000132. The predicted molar refractivity (Wildman–Crippen MR) is 82.1 cm³/mol. The van der Waals surface area contributed by atoms with Crippen LogP contribution in [-0.2, 0) is 4.79 Å². The molecule has 2 aromatic rings. The average molecular weight is 308 g/mol. The smallest absolute Gasteiger partial charge is 0.229 e. The van der Waals surface area contributed by atoms with E-state index in [0.29, 0.717) is 11.8 Å². The summed E-state index contributed by atoms with van der Waals surface area (Å²) in [5.74, 6) is 1.01. The quantitative estimate of drug-likeness (QED) is 0.786. The maximum absolute atomic E-state index is 12.5. The lowest BCUT2D eigenvalue weighted by molar-refractivity contribution is -0.121. The van der Waals surface area contributed by atoms with Crippen molar-refractivity contribution in [2.45, 2.75) is 25.3 Å². The number of hydrogen-bond acceptors (Lipinski definition) is 4. The number of H-pyrrole nitrogens is 1. The molecule has 1 heterocycles. The molecule has 2 aliphatic rings. The first kappa shape index (κ1) is 14.3. The Labute approximate surface area is 128 Å². The van der Waals surface area contributed by atoms with Crippen molar-refractivity contribution in [2.75, 3.05) is 5.32 Å². The first-order valence-electron chi connectivity index (χ1n) is 7.09. The Bertz CT molecular complexity index is 670. The van der Waals surface area contributed by atoms with Crippen LogP contribution >= 0.6 is 12.4 Å². The van der Waals surface area contributed by atoms with Crippen LogP contribution in [-0.4, -0.2) is 27.4 Å². The van der Waals surface area contributed by atoms with Gasteiger partial charge in [-0.15, -0.1) is 12.4 Å². The standard InChI is InChI=1S/C14H17N5O.ClH/c15-13-8-2-1-7(5-8)12(13)14(20)16-9-3-4-10-11(6-9)18-19-17-10;/h3-4,6-8,12-13H,1-2,5,15H2,(H,16,20)(H,17,18,19);1H. The summed E-state index contributed by atoms with van der Waals surface area (Å²) < 4.78 is 0.